The van der Waals surface area contributed by atoms with E-state index in [4.69, 9.17) is 0 Å². The molecule has 2 aliphatic heterocycles. The van der Waals surface area contributed by atoms with Gasteiger partial charge in [0.2, 0.25) is 0 Å². The summed E-state index contributed by atoms with van der Waals surface area (Å²) in [6.07, 6.45) is 4.65. The Bertz CT molecular complexity index is 489. The van der Waals surface area contributed by atoms with Gasteiger partial charge in [-0.05, 0) is 50.2 Å². The Balaban J connectivity index is 1.77. The lowest BCUT2D eigenvalue weighted by atomic mass is 9.99. The van der Waals surface area contributed by atoms with Gasteiger partial charge >= 0.3 is 0 Å². The topological polar surface area (TPSA) is 23.6 Å². The second kappa shape index (κ2) is 5.76. The summed E-state index contributed by atoms with van der Waals surface area (Å²) in [5.74, 6) is 1.03. The normalized spacial score (nSPS) is 20.1. The standard InChI is InChI=1S/C16H24N2OS/c1-3-17-8-4-5-13-11-14(20-16(13)17)15(19)18-9-6-12(2)7-10-18/h11-12H,3-10H2,1-2H3. The molecule has 0 spiro atoms. The Kier molecular flexibility index (Phi) is 4.01. The fourth-order valence-electron chi connectivity index (χ4n) is 3.20. The molecule has 0 aromatic carbocycles. The number of hydrogen-bond donors (Lipinski definition) is 0. The van der Waals surface area contributed by atoms with Crippen LogP contribution in [0.15, 0.2) is 6.07 Å². The van der Waals surface area contributed by atoms with Crippen LogP contribution in [0.2, 0.25) is 0 Å². The molecule has 3 nitrogen and oxygen atoms in total. The van der Waals surface area contributed by atoms with E-state index >= 15 is 0 Å². The smallest absolute Gasteiger partial charge is 0.264 e. The fraction of sp³-hybridized carbons (Fsp3) is 0.688. The van der Waals surface area contributed by atoms with Crippen molar-refractivity contribution in [3.63, 3.8) is 0 Å². The van der Waals surface area contributed by atoms with Crippen molar-refractivity contribution in [2.45, 2.75) is 39.5 Å². The lowest BCUT2D eigenvalue weighted by Gasteiger charge is -2.30. The number of fused-ring (bicyclic) bond motifs is 1. The number of hydrogen-bond acceptors (Lipinski definition) is 3. The van der Waals surface area contributed by atoms with Crippen molar-refractivity contribution >= 4 is 22.2 Å². The van der Waals surface area contributed by atoms with E-state index in [1.54, 1.807) is 11.3 Å². The first-order valence-electron chi connectivity index (χ1n) is 7.86. The third kappa shape index (κ3) is 2.58. The van der Waals surface area contributed by atoms with Gasteiger partial charge in [-0.25, -0.2) is 0 Å². The summed E-state index contributed by atoms with van der Waals surface area (Å²) >= 11 is 1.71. The van der Waals surface area contributed by atoms with Gasteiger partial charge in [0.15, 0.2) is 0 Å². The highest BCUT2D eigenvalue weighted by Gasteiger charge is 2.26. The zero-order valence-electron chi connectivity index (χ0n) is 12.5. The van der Waals surface area contributed by atoms with Gasteiger partial charge in [-0.15, -0.1) is 11.3 Å². The summed E-state index contributed by atoms with van der Waals surface area (Å²) < 4.78 is 0. The summed E-state index contributed by atoms with van der Waals surface area (Å²) in [5, 5.41) is 1.34. The zero-order valence-corrected chi connectivity index (χ0v) is 13.3. The lowest BCUT2D eigenvalue weighted by Crippen LogP contribution is -2.37. The summed E-state index contributed by atoms with van der Waals surface area (Å²) in [4.78, 5) is 18.1. The molecule has 0 aliphatic carbocycles. The highest BCUT2D eigenvalue weighted by atomic mass is 32.1. The molecule has 1 aromatic rings. The van der Waals surface area contributed by atoms with Crippen molar-refractivity contribution in [1.29, 1.82) is 0 Å². The Morgan fingerprint density at radius 2 is 2.10 bits per heavy atom. The number of aryl methyl sites for hydroxylation is 1. The van der Waals surface area contributed by atoms with E-state index in [-0.39, 0.29) is 5.91 Å². The van der Waals surface area contributed by atoms with Crippen LogP contribution in [-0.4, -0.2) is 37.0 Å². The van der Waals surface area contributed by atoms with Crippen LogP contribution in [0.4, 0.5) is 5.00 Å². The predicted molar refractivity (Wildman–Crippen MR) is 84.8 cm³/mol. The maximum atomic E-state index is 12.6. The molecule has 3 rings (SSSR count). The van der Waals surface area contributed by atoms with E-state index in [0.29, 0.717) is 0 Å². The number of nitrogens with zero attached hydrogens (tertiary/aromatic N) is 2. The van der Waals surface area contributed by atoms with Crippen LogP contribution in [-0.2, 0) is 6.42 Å². The molecule has 1 saturated heterocycles. The molecule has 4 heteroatoms. The van der Waals surface area contributed by atoms with Crippen LogP contribution in [0.1, 0.15) is 48.3 Å². The summed E-state index contributed by atoms with van der Waals surface area (Å²) in [6.45, 7) is 8.52. The second-order valence-electron chi connectivity index (χ2n) is 6.10. The zero-order chi connectivity index (χ0) is 14.1. The van der Waals surface area contributed by atoms with Crippen molar-refractivity contribution in [2.75, 3.05) is 31.1 Å². The van der Waals surface area contributed by atoms with Gasteiger partial charge in [-0.1, -0.05) is 6.92 Å². The van der Waals surface area contributed by atoms with Crippen LogP contribution in [0.5, 0.6) is 0 Å². The minimum absolute atomic E-state index is 0.257. The summed E-state index contributed by atoms with van der Waals surface area (Å²) in [5.41, 5.74) is 1.39. The summed E-state index contributed by atoms with van der Waals surface area (Å²) in [6, 6.07) is 2.15. The van der Waals surface area contributed by atoms with Crippen molar-refractivity contribution in [3.05, 3.63) is 16.5 Å². The first-order chi connectivity index (χ1) is 9.69. The quantitative estimate of drug-likeness (QED) is 0.834. The van der Waals surface area contributed by atoms with Crippen molar-refractivity contribution in [2.24, 2.45) is 5.92 Å². The van der Waals surface area contributed by atoms with Crippen LogP contribution >= 0.6 is 11.3 Å². The molecule has 0 saturated carbocycles. The second-order valence-corrected chi connectivity index (χ2v) is 7.13. The van der Waals surface area contributed by atoms with E-state index in [2.05, 4.69) is 24.8 Å². The molecular weight excluding hydrogens is 268 g/mol. The number of carbonyl (C=O) groups is 1. The van der Waals surface area contributed by atoms with E-state index in [1.165, 1.54) is 17.0 Å². The molecule has 110 valence electrons. The maximum absolute atomic E-state index is 12.6. The third-order valence-electron chi connectivity index (χ3n) is 4.61. The average Bonchev–Trinajstić information content (AvgIpc) is 2.91. The van der Waals surface area contributed by atoms with Gasteiger partial charge in [0.1, 0.15) is 0 Å². The molecular formula is C16H24N2OS. The number of piperidine rings is 1. The number of thiophene rings is 1. The lowest BCUT2D eigenvalue weighted by molar-refractivity contribution is 0.0702. The van der Waals surface area contributed by atoms with Gasteiger partial charge in [-0.2, -0.15) is 0 Å². The van der Waals surface area contributed by atoms with Crippen molar-refractivity contribution in [3.8, 4) is 0 Å². The van der Waals surface area contributed by atoms with E-state index in [1.807, 2.05) is 4.90 Å². The highest BCUT2D eigenvalue weighted by Crippen LogP contribution is 2.36. The summed E-state index contributed by atoms with van der Waals surface area (Å²) in [7, 11) is 0. The predicted octanol–water partition coefficient (Wildman–Crippen LogP) is 3.39. The highest BCUT2D eigenvalue weighted by molar-refractivity contribution is 7.18. The van der Waals surface area contributed by atoms with E-state index in [9.17, 15) is 4.79 Å². The van der Waals surface area contributed by atoms with E-state index in [0.717, 1.165) is 56.2 Å². The molecule has 0 atom stereocenters. The molecule has 0 unspecified atom stereocenters. The molecule has 1 fully saturated rings. The van der Waals surface area contributed by atoms with Gasteiger partial charge in [0, 0.05) is 26.2 Å². The minimum atomic E-state index is 0.257. The SMILES string of the molecule is CCN1CCCc2cc(C(=O)N3CCC(C)CC3)sc21. The van der Waals surface area contributed by atoms with Crippen LogP contribution in [0, 0.1) is 5.92 Å². The van der Waals surface area contributed by atoms with Crippen molar-refractivity contribution < 1.29 is 4.79 Å². The van der Waals surface area contributed by atoms with Crippen LogP contribution in [0.3, 0.4) is 0 Å². The van der Waals surface area contributed by atoms with Gasteiger partial charge in [0.05, 0.1) is 9.88 Å². The van der Waals surface area contributed by atoms with Gasteiger partial charge < -0.3 is 9.80 Å². The Morgan fingerprint density at radius 3 is 2.80 bits per heavy atom. The van der Waals surface area contributed by atoms with Crippen LogP contribution < -0.4 is 4.90 Å². The number of amides is 1. The number of anilines is 1. The third-order valence-corrected chi connectivity index (χ3v) is 5.84. The Labute approximate surface area is 125 Å². The maximum Gasteiger partial charge on any atom is 0.264 e. The Hall–Kier alpha value is -1.03. The number of carbonyl (C=O) groups excluding carboxylic acids is 1. The monoisotopic (exact) mass is 292 g/mol. The average molecular weight is 292 g/mol. The molecule has 1 aromatic heterocycles. The van der Waals surface area contributed by atoms with Gasteiger partial charge in [-0.3, -0.25) is 4.79 Å². The molecule has 0 radical (unpaired) electrons. The van der Waals surface area contributed by atoms with Gasteiger partial charge in [0.25, 0.3) is 5.91 Å². The minimum Gasteiger partial charge on any atom is -0.363 e. The molecule has 3 heterocycles. The molecule has 20 heavy (non-hydrogen) atoms. The van der Waals surface area contributed by atoms with E-state index < -0.39 is 0 Å². The molecule has 2 aliphatic rings. The molecule has 0 bridgehead atoms. The molecule has 0 N–H and O–H groups in total. The van der Waals surface area contributed by atoms with Crippen molar-refractivity contribution in [1.82, 2.24) is 4.90 Å². The fourth-order valence-corrected chi connectivity index (χ4v) is 4.47. The molecule has 1 amide bonds. The van der Waals surface area contributed by atoms with Crippen LogP contribution in [0.25, 0.3) is 0 Å². The first-order valence-corrected chi connectivity index (χ1v) is 8.67. The Morgan fingerprint density at radius 1 is 1.35 bits per heavy atom. The largest absolute Gasteiger partial charge is 0.363 e. The number of rotatable bonds is 2. The number of likely N-dealkylation sites (tertiary alicyclic amines) is 1. The first kappa shape index (κ1) is 13.9.